The average molecular weight is 353 g/mol. The van der Waals surface area contributed by atoms with E-state index in [1.165, 1.54) is 20.6 Å². The maximum absolute atomic E-state index is 4.59. The summed E-state index contributed by atoms with van der Waals surface area (Å²) in [5.41, 5.74) is 3.71. The van der Waals surface area contributed by atoms with Crippen molar-refractivity contribution in [3.8, 4) is 0 Å². The predicted molar refractivity (Wildman–Crippen MR) is 90.5 cm³/mol. The minimum absolute atomic E-state index is 0.331. The Bertz CT molecular complexity index is 565. The van der Waals surface area contributed by atoms with Gasteiger partial charge in [-0.3, -0.25) is 0 Å². The molecule has 0 aliphatic heterocycles. The van der Waals surface area contributed by atoms with E-state index in [-0.39, 0.29) is 0 Å². The van der Waals surface area contributed by atoms with Crippen LogP contribution in [0.3, 0.4) is 0 Å². The lowest BCUT2D eigenvalue weighted by molar-refractivity contribution is 0.528. The molecule has 1 unspecified atom stereocenters. The second kappa shape index (κ2) is 7.34. The van der Waals surface area contributed by atoms with Gasteiger partial charge in [0.15, 0.2) is 0 Å². The van der Waals surface area contributed by atoms with Crippen LogP contribution in [0.1, 0.15) is 41.2 Å². The molecule has 108 valence electrons. The van der Waals surface area contributed by atoms with Crippen molar-refractivity contribution in [1.29, 1.82) is 0 Å². The van der Waals surface area contributed by atoms with Gasteiger partial charge in [-0.05, 0) is 44.0 Å². The smallest absolute Gasteiger partial charge is 0.0947 e. The first kappa shape index (κ1) is 15.7. The maximum Gasteiger partial charge on any atom is 0.0947 e. The third-order valence-corrected chi connectivity index (χ3v) is 5.13. The lowest BCUT2D eigenvalue weighted by Crippen LogP contribution is -2.24. The molecule has 0 saturated heterocycles. The van der Waals surface area contributed by atoms with E-state index in [0.717, 1.165) is 25.1 Å². The number of rotatable bonds is 6. The second-order valence-corrected chi connectivity index (χ2v) is 6.90. The largest absolute Gasteiger partial charge is 0.310 e. The highest BCUT2D eigenvalue weighted by Gasteiger charge is 2.14. The molecule has 1 N–H and O–H groups in total. The van der Waals surface area contributed by atoms with Crippen molar-refractivity contribution in [1.82, 2.24) is 10.3 Å². The summed E-state index contributed by atoms with van der Waals surface area (Å²) in [6.45, 7) is 7.40. The highest BCUT2D eigenvalue weighted by atomic mass is 79.9. The van der Waals surface area contributed by atoms with Crippen molar-refractivity contribution in [2.45, 2.75) is 39.7 Å². The first-order chi connectivity index (χ1) is 9.60. The molecule has 0 amide bonds. The molecule has 0 aliphatic rings. The van der Waals surface area contributed by atoms with Crippen LogP contribution >= 0.6 is 27.3 Å². The van der Waals surface area contributed by atoms with Gasteiger partial charge in [-0.1, -0.05) is 35.0 Å². The van der Waals surface area contributed by atoms with E-state index in [1.54, 1.807) is 11.3 Å². The molecule has 0 saturated carbocycles. The Morgan fingerprint density at radius 1 is 1.35 bits per heavy atom. The van der Waals surface area contributed by atoms with E-state index < -0.39 is 0 Å². The fourth-order valence-corrected chi connectivity index (χ4v) is 3.34. The summed E-state index contributed by atoms with van der Waals surface area (Å²) in [7, 11) is 0. The number of nitrogens with zero attached hydrogens (tertiary/aromatic N) is 1. The fraction of sp³-hybridized carbons (Fsp3) is 0.438. The van der Waals surface area contributed by atoms with Gasteiger partial charge in [0.2, 0.25) is 0 Å². The lowest BCUT2D eigenvalue weighted by atomic mass is 10.0. The van der Waals surface area contributed by atoms with Crippen molar-refractivity contribution in [3.05, 3.63) is 49.9 Å². The molecule has 1 atom stereocenters. The van der Waals surface area contributed by atoms with Crippen LogP contribution in [-0.4, -0.2) is 11.5 Å². The second-order valence-electron chi connectivity index (χ2n) is 5.10. The highest BCUT2D eigenvalue weighted by Crippen LogP contribution is 2.25. The Labute approximate surface area is 133 Å². The van der Waals surface area contributed by atoms with Crippen molar-refractivity contribution in [2.75, 3.05) is 6.54 Å². The maximum atomic E-state index is 4.59. The Kier molecular flexibility index (Phi) is 5.75. The SMILES string of the molecule is CCCNC(Cc1nc(C)cs1)c1ccc(C)c(Br)c1. The number of aryl methyl sites for hydroxylation is 2. The molecule has 2 rings (SSSR count). The number of aromatic nitrogens is 1. The minimum atomic E-state index is 0.331. The summed E-state index contributed by atoms with van der Waals surface area (Å²) in [4.78, 5) is 4.59. The number of hydrogen-bond acceptors (Lipinski definition) is 3. The molecule has 0 spiro atoms. The van der Waals surface area contributed by atoms with Crippen molar-refractivity contribution < 1.29 is 0 Å². The van der Waals surface area contributed by atoms with Crippen LogP contribution in [0, 0.1) is 13.8 Å². The van der Waals surface area contributed by atoms with Gasteiger partial charge in [-0.2, -0.15) is 0 Å². The van der Waals surface area contributed by atoms with E-state index in [2.05, 4.69) is 70.6 Å². The third-order valence-electron chi connectivity index (χ3n) is 3.28. The molecule has 2 aromatic rings. The van der Waals surface area contributed by atoms with Crippen LogP contribution < -0.4 is 5.32 Å². The Morgan fingerprint density at radius 3 is 2.75 bits per heavy atom. The summed E-state index contributed by atoms with van der Waals surface area (Å²) in [6, 6.07) is 6.95. The number of halogens is 1. The topological polar surface area (TPSA) is 24.9 Å². The molecule has 1 aromatic carbocycles. The Morgan fingerprint density at radius 2 is 2.15 bits per heavy atom. The van der Waals surface area contributed by atoms with Crippen LogP contribution in [0.5, 0.6) is 0 Å². The first-order valence-electron chi connectivity index (χ1n) is 7.00. The molecular weight excluding hydrogens is 332 g/mol. The quantitative estimate of drug-likeness (QED) is 0.806. The highest BCUT2D eigenvalue weighted by molar-refractivity contribution is 9.10. The first-order valence-corrected chi connectivity index (χ1v) is 8.68. The fourth-order valence-electron chi connectivity index (χ4n) is 2.12. The van der Waals surface area contributed by atoms with Gasteiger partial charge >= 0.3 is 0 Å². The summed E-state index contributed by atoms with van der Waals surface area (Å²) in [6.07, 6.45) is 2.09. The van der Waals surface area contributed by atoms with Gasteiger partial charge in [-0.15, -0.1) is 11.3 Å². The third kappa shape index (κ3) is 4.14. The molecule has 0 aliphatic carbocycles. The van der Waals surface area contributed by atoms with Gasteiger partial charge in [0.1, 0.15) is 0 Å². The zero-order valence-electron chi connectivity index (χ0n) is 12.2. The number of hydrogen-bond donors (Lipinski definition) is 1. The van der Waals surface area contributed by atoms with Gasteiger partial charge < -0.3 is 5.32 Å². The monoisotopic (exact) mass is 352 g/mol. The molecule has 2 nitrogen and oxygen atoms in total. The molecular formula is C16H21BrN2S. The number of benzene rings is 1. The molecule has 0 radical (unpaired) electrons. The Balaban J connectivity index is 2.19. The number of nitrogens with one attached hydrogen (secondary N) is 1. The van der Waals surface area contributed by atoms with Crippen molar-refractivity contribution in [2.24, 2.45) is 0 Å². The number of thiazole rings is 1. The Hall–Kier alpha value is -0.710. The summed E-state index contributed by atoms with van der Waals surface area (Å²) >= 11 is 5.38. The zero-order valence-corrected chi connectivity index (χ0v) is 14.6. The van der Waals surface area contributed by atoms with E-state index >= 15 is 0 Å². The standard InChI is InChI=1S/C16H21BrN2S/c1-4-7-18-15(9-16-19-12(3)10-20-16)13-6-5-11(2)14(17)8-13/h5-6,8,10,15,18H,4,7,9H2,1-3H3. The summed E-state index contributed by atoms with van der Waals surface area (Å²) in [5, 5.41) is 6.96. The molecule has 0 bridgehead atoms. The molecule has 1 aromatic heterocycles. The van der Waals surface area contributed by atoms with E-state index in [1.807, 2.05) is 0 Å². The summed E-state index contributed by atoms with van der Waals surface area (Å²) in [5.74, 6) is 0. The average Bonchev–Trinajstić information content (AvgIpc) is 2.83. The zero-order chi connectivity index (χ0) is 14.5. The normalized spacial score (nSPS) is 12.6. The van der Waals surface area contributed by atoms with Crippen LogP contribution in [0.25, 0.3) is 0 Å². The van der Waals surface area contributed by atoms with Crippen molar-refractivity contribution in [3.63, 3.8) is 0 Å². The van der Waals surface area contributed by atoms with Crippen molar-refractivity contribution >= 4 is 27.3 Å². The van der Waals surface area contributed by atoms with E-state index in [0.29, 0.717) is 6.04 Å². The van der Waals surface area contributed by atoms with E-state index in [9.17, 15) is 0 Å². The van der Waals surface area contributed by atoms with Crippen LogP contribution in [0.4, 0.5) is 0 Å². The predicted octanol–water partition coefficient (Wildman–Crippen LogP) is 4.81. The van der Waals surface area contributed by atoms with Gasteiger partial charge in [-0.25, -0.2) is 4.98 Å². The lowest BCUT2D eigenvalue weighted by Gasteiger charge is -2.18. The van der Waals surface area contributed by atoms with Gasteiger partial charge in [0.05, 0.1) is 5.01 Å². The minimum Gasteiger partial charge on any atom is -0.310 e. The molecule has 1 heterocycles. The molecule has 20 heavy (non-hydrogen) atoms. The van der Waals surface area contributed by atoms with Crippen LogP contribution in [0.15, 0.2) is 28.1 Å². The molecule has 0 fully saturated rings. The summed E-state index contributed by atoms with van der Waals surface area (Å²) < 4.78 is 1.17. The van der Waals surface area contributed by atoms with Gasteiger partial charge in [0.25, 0.3) is 0 Å². The van der Waals surface area contributed by atoms with E-state index in [4.69, 9.17) is 0 Å². The molecule has 4 heteroatoms. The van der Waals surface area contributed by atoms with Crippen LogP contribution in [-0.2, 0) is 6.42 Å². The van der Waals surface area contributed by atoms with Crippen LogP contribution in [0.2, 0.25) is 0 Å². The van der Waals surface area contributed by atoms with Gasteiger partial charge in [0, 0.05) is 28.0 Å².